The third-order valence-corrected chi connectivity index (χ3v) is 2.30. The van der Waals surface area contributed by atoms with Gasteiger partial charge >= 0.3 is 6.18 Å². The number of aliphatic hydroxyl groups excluding tert-OH is 1. The molecule has 1 unspecified atom stereocenters. The molecule has 0 radical (unpaired) electrons. The van der Waals surface area contributed by atoms with E-state index in [1.54, 1.807) is 5.32 Å². The van der Waals surface area contributed by atoms with Crippen molar-refractivity contribution in [2.24, 2.45) is 0 Å². The van der Waals surface area contributed by atoms with E-state index in [1.807, 2.05) is 0 Å². The Morgan fingerprint density at radius 2 is 1.90 bits per heavy atom. The van der Waals surface area contributed by atoms with Gasteiger partial charge in [-0.15, -0.1) is 0 Å². The van der Waals surface area contributed by atoms with Gasteiger partial charge in [0.2, 0.25) is 0 Å². The standard InChI is InChI=1S/C11H9F6NO2/c12-7-2-1-5(11(15,16)17)3-6(7)10(20)18-4-8(19)9(13)14/h1-3,8-9,19H,4H2,(H,18,20). The second-order valence-electron chi connectivity index (χ2n) is 3.80. The van der Waals surface area contributed by atoms with E-state index in [0.29, 0.717) is 12.1 Å². The summed E-state index contributed by atoms with van der Waals surface area (Å²) < 4.78 is 74.3. The molecule has 0 aliphatic rings. The summed E-state index contributed by atoms with van der Waals surface area (Å²) in [7, 11) is 0. The van der Waals surface area contributed by atoms with Crippen molar-refractivity contribution in [1.29, 1.82) is 0 Å². The SMILES string of the molecule is O=C(NCC(O)C(F)F)c1cc(C(F)(F)F)ccc1F. The molecule has 1 aromatic carbocycles. The van der Waals surface area contributed by atoms with Gasteiger partial charge in [0.25, 0.3) is 12.3 Å². The largest absolute Gasteiger partial charge is 0.416 e. The predicted molar refractivity (Wildman–Crippen MR) is 55.7 cm³/mol. The number of carbonyl (C=O) groups is 1. The summed E-state index contributed by atoms with van der Waals surface area (Å²) in [5.41, 5.74) is -2.19. The highest BCUT2D eigenvalue weighted by molar-refractivity contribution is 5.94. The van der Waals surface area contributed by atoms with Gasteiger partial charge in [-0.1, -0.05) is 0 Å². The Hall–Kier alpha value is -1.77. The van der Waals surface area contributed by atoms with Gasteiger partial charge < -0.3 is 10.4 Å². The van der Waals surface area contributed by atoms with Crippen molar-refractivity contribution in [3.63, 3.8) is 0 Å². The Labute approximate surface area is 109 Å². The van der Waals surface area contributed by atoms with Crippen LogP contribution in [0, 0.1) is 5.82 Å². The smallest absolute Gasteiger partial charge is 0.385 e. The van der Waals surface area contributed by atoms with Crippen molar-refractivity contribution in [3.05, 3.63) is 35.1 Å². The van der Waals surface area contributed by atoms with Crippen molar-refractivity contribution >= 4 is 5.91 Å². The first kappa shape index (κ1) is 16.3. The molecular formula is C11H9F6NO2. The fourth-order valence-electron chi connectivity index (χ4n) is 1.26. The molecule has 0 bridgehead atoms. The minimum absolute atomic E-state index is 0.263. The average molecular weight is 301 g/mol. The van der Waals surface area contributed by atoms with Crippen LogP contribution in [0.25, 0.3) is 0 Å². The van der Waals surface area contributed by atoms with Crippen LogP contribution in [0.3, 0.4) is 0 Å². The minimum Gasteiger partial charge on any atom is -0.385 e. The highest BCUT2D eigenvalue weighted by atomic mass is 19.4. The second kappa shape index (κ2) is 6.12. The molecule has 0 heterocycles. The van der Waals surface area contributed by atoms with Gasteiger partial charge in [-0.25, -0.2) is 13.2 Å². The first-order valence-electron chi connectivity index (χ1n) is 5.24. The molecule has 1 rings (SSSR count). The predicted octanol–water partition coefficient (Wildman–Crippen LogP) is 2.20. The Kier molecular flexibility index (Phi) is 4.98. The molecule has 20 heavy (non-hydrogen) atoms. The lowest BCUT2D eigenvalue weighted by Crippen LogP contribution is -2.36. The third kappa shape index (κ3) is 4.12. The van der Waals surface area contributed by atoms with Crippen LogP contribution in [0.15, 0.2) is 18.2 Å². The lowest BCUT2D eigenvalue weighted by molar-refractivity contribution is -0.137. The molecule has 0 spiro atoms. The molecule has 0 saturated carbocycles. The van der Waals surface area contributed by atoms with Crippen molar-refractivity contribution < 1.29 is 36.2 Å². The van der Waals surface area contributed by atoms with Crippen LogP contribution in [0.2, 0.25) is 0 Å². The maximum atomic E-state index is 13.3. The summed E-state index contributed by atoms with van der Waals surface area (Å²) >= 11 is 0. The van der Waals surface area contributed by atoms with Crippen molar-refractivity contribution in [2.45, 2.75) is 18.7 Å². The van der Waals surface area contributed by atoms with E-state index in [-0.39, 0.29) is 6.07 Å². The summed E-state index contributed by atoms with van der Waals surface area (Å²) in [4.78, 5) is 11.4. The Morgan fingerprint density at radius 3 is 2.40 bits per heavy atom. The molecule has 0 aliphatic carbocycles. The lowest BCUT2D eigenvalue weighted by atomic mass is 10.1. The zero-order valence-electron chi connectivity index (χ0n) is 9.72. The van der Waals surface area contributed by atoms with E-state index in [0.717, 1.165) is 0 Å². The zero-order valence-corrected chi connectivity index (χ0v) is 9.72. The maximum Gasteiger partial charge on any atom is 0.416 e. The number of hydrogen-bond acceptors (Lipinski definition) is 2. The molecular weight excluding hydrogens is 292 g/mol. The molecule has 112 valence electrons. The Morgan fingerprint density at radius 1 is 1.30 bits per heavy atom. The zero-order chi connectivity index (χ0) is 15.5. The molecule has 0 fully saturated rings. The van der Waals surface area contributed by atoms with Gasteiger partial charge in [-0.2, -0.15) is 13.2 Å². The third-order valence-electron chi connectivity index (χ3n) is 2.30. The van der Waals surface area contributed by atoms with E-state index in [2.05, 4.69) is 0 Å². The van der Waals surface area contributed by atoms with Crippen molar-refractivity contribution in [1.82, 2.24) is 5.32 Å². The van der Waals surface area contributed by atoms with Crippen molar-refractivity contribution in [3.8, 4) is 0 Å². The summed E-state index contributed by atoms with van der Waals surface area (Å²) in [5, 5.41) is 10.5. The van der Waals surface area contributed by atoms with E-state index >= 15 is 0 Å². The number of hydrogen-bond donors (Lipinski definition) is 2. The molecule has 3 nitrogen and oxygen atoms in total. The normalized spacial score (nSPS) is 13.4. The van der Waals surface area contributed by atoms with Crippen molar-refractivity contribution in [2.75, 3.05) is 6.54 Å². The molecule has 9 heteroatoms. The van der Waals surface area contributed by atoms with Gasteiger partial charge in [-0.3, -0.25) is 4.79 Å². The van der Waals surface area contributed by atoms with E-state index in [1.165, 1.54) is 0 Å². The number of halogens is 6. The number of rotatable bonds is 4. The van der Waals surface area contributed by atoms with E-state index in [9.17, 15) is 31.1 Å². The molecule has 0 aliphatic heterocycles. The van der Waals surface area contributed by atoms with Crippen LogP contribution in [0.4, 0.5) is 26.3 Å². The summed E-state index contributed by atoms with van der Waals surface area (Å²) in [5.74, 6) is -2.56. The molecule has 1 aromatic rings. The topological polar surface area (TPSA) is 49.3 Å². The van der Waals surface area contributed by atoms with Gasteiger partial charge in [0, 0.05) is 6.54 Å². The Bertz CT molecular complexity index is 488. The average Bonchev–Trinajstić information content (AvgIpc) is 2.34. The monoisotopic (exact) mass is 301 g/mol. The fraction of sp³-hybridized carbons (Fsp3) is 0.364. The first-order chi connectivity index (χ1) is 9.12. The number of benzene rings is 1. The number of nitrogens with one attached hydrogen (secondary N) is 1. The minimum atomic E-state index is -4.77. The number of carbonyl (C=O) groups excluding carboxylic acids is 1. The molecule has 0 aromatic heterocycles. The summed E-state index contributed by atoms with van der Waals surface area (Å²) in [6, 6.07) is 1.15. The molecule has 0 saturated heterocycles. The van der Waals surface area contributed by atoms with Gasteiger partial charge in [-0.05, 0) is 18.2 Å². The van der Waals surface area contributed by atoms with Gasteiger partial charge in [0.05, 0.1) is 11.1 Å². The highest BCUT2D eigenvalue weighted by Crippen LogP contribution is 2.30. The van der Waals surface area contributed by atoms with Gasteiger partial charge in [0.1, 0.15) is 11.9 Å². The van der Waals surface area contributed by atoms with Crippen LogP contribution >= 0.6 is 0 Å². The fourth-order valence-corrected chi connectivity index (χ4v) is 1.26. The van der Waals surface area contributed by atoms with Crippen LogP contribution in [-0.2, 0) is 6.18 Å². The lowest BCUT2D eigenvalue weighted by Gasteiger charge is -2.12. The van der Waals surface area contributed by atoms with Crippen LogP contribution < -0.4 is 5.32 Å². The second-order valence-corrected chi connectivity index (χ2v) is 3.80. The van der Waals surface area contributed by atoms with E-state index in [4.69, 9.17) is 5.11 Å². The quantitative estimate of drug-likeness (QED) is 0.838. The number of amides is 1. The maximum absolute atomic E-state index is 13.3. The number of aliphatic hydroxyl groups is 1. The highest BCUT2D eigenvalue weighted by Gasteiger charge is 2.32. The van der Waals surface area contributed by atoms with E-state index < -0.39 is 48.1 Å². The summed E-state index contributed by atoms with van der Waals surface area (Å²) in [6.07, 6.45) is -10.1. The Balaban J connectivity index is 2.87. The molecule has 1 atom stereocenters. The molecule has 1 amide bonds. The molecule has 2 N–H and O–H groups in total. The first-order valence-corrected chi connectivity index (χ1v) is 5.24. The number of alkyl halides is 5. The van der Waals surface area contributed by atoms with Gasteiger partial charge in [0.15, 0.2) is 0 Å². The summed E-state index contributed by atoms with van der Waals surface area (Å²) in [6.45, 7) is -0.911. The van der Waals surface area contributed by atoms with Crippen LogP contribution in [-0.4, -0.2) is 30.1 Å². The van der Waals surface area contributed by atoms with Crippen LogP contribution in [0.1, 0.15) is 15.9 Å². The van der Waals surface area contributed by atoms with Crippen LogP contribution in [0.5, 0.6) is 0 Å².